The van der Waals surface area contributed by atoms with E-state index in [1.54, 1.807) is 6.92 Å². The molecule has 0 bridgehead atoms. The van der Waals surface area contributed by atoms with Crippen molar-refractivity contribution in [3.05, 3.63) is 29.3 Å². The average molecular weight is 342 g/mol. The first-order valence-electron chi connectivity index (χ1n) is 6.44. The van der Waals surface area contributed by atoms with Crippen LogP contribution in [0.25, 0.3) is 0 Å². The minimum Gasteiger partial charge on any atom is -0.566 e. The summed E-state index contributed by atoms with van der Waals surface area (Å²) in [5, 5.41) is 12.8. The summed E-state index contributed by atoms with van der Waals surface area (Å²) in [5.41, 5.74) is -1.28. The minimum absolute atomic E-state index is 0.179. The molecule has 1 aromatic carbocycles. The number of carbonyl (C=O) groups is 1. The maximum Gasteiger partial charge on any atom is 0.417 e. The zero-order valence-corrected chi connectivity index (χ0v) is 12.5. The number of benzene rings is 1. The fourth-order valence-electron chi connectivity index (χ4n) is 2.47. The highest BCUT2D eigenvalue weighted by Gasteiger charge is 2.55. The molecular formula is C13H9F3N4O2S. The first-order valence-corrected chi connectivity index (χ1v) is 7.51. The van der Waals surface area contributed by atoms with Crippen LogP contribution in [0.1, 0.15) is 24.5 Å². The average Bonchev–Trinajstić information content (AvgIpc) is 2.96. The van der Waals surface area contributed by atoms with Crippen molar-refractivity contribution in [2.24, 2.45) is 5.10 Å². The number of fused-ring (bicyclic) bond motifs is 1. The summed E-state index contributed by atoms with van der Waals surface area (Å²) in [6.45, 7) is 1.68. The number of alkyl halides is 3. The topological polar surface area (TPSA) is 82.8 Å². The number of nitriles is 1. The number of rotatable bonds is 1. The number of hydrazone groups is 1. The Morgan fingerprint density at radius 1 is 1.48 bits per heavy atom. The van der Waals surface area contributed by atoms with E-state index >= 15 is 0 Å². The third-order valence-corrected chi connectivity index (χ3v) is 4.85. The molecule has 10 heteroatoms. The Kier molecular flexibility index (Phi) is 3.50. The van der Waals surface area contributed by atoms with Gasteiger partial charge in [-0.2, -0.15) is 18.4 Å². The Hall–Kier alpha value is -2.25. The Labute approximate surface area is 132 Å². The Morgan fingerprint density at radius 2 is 2.17 bits per heavy atom. The molecule has 1 fully saturated rings. The van der Waals surface area contributed by atoms with Crippen molar-refractivity contribution < 1.29 is 22.5 Å². The summed E-state index contributed by atoms with van der Waals surface area (Å²) in [7, 11) is 0. The maximum atomic E-state index is 13.0. The van der Waals surface area contributed by atoms with E-state index in [1.807, 2.05) is 0 Å². The second-order valence-electron chi connectivity index (χ2n) is 5.06. The zero-order chi connectivity index (χ0) is 16.9. The van der Waals surface area contributed by atoms with Gasteiger partial charge in [0.15, 0.2) is 6.04 Å². The van der Waals surface area contributed by atoms with Crippen molar-refractivity contribution in [2.75, 3.05) is 4.31 Å². The number of amides is 1. The van der Waals surface area contributed by atoms with E-state index < -0.39 is 40.8 Å². The van der Waals surface area contributed by atoms with Gasteiger partial charge in [-0.3, -0.25) is 4.79 Å². The molecule has 1 amide bonds. The summed E-state index contributed by atoms with van der Waals surface area (Å²) >= 11 is -2.03. The molecule has 2 aliphatic heterocycles. The molecule has 0 radical (unpaired) electrons. The molecule has 1 saturated heterocycles. The van der Waals surface area contributed by atoms with E-state index in [-0.39, 0.29) is 12.1 Å². The van der Waals surface area contributed by atoms with E-state index in [1.165, 1.54) is 12.1 Å². The molecule has 23 heavy (non-hydrogen) atoms. The van der Waals surface area contributed by atoms with Gasteiger partial charge in [-0.05, 0) is 25.1 Å². The predicted octanol–water partition coefficient (Wildman–Crippen LogP) is 1.95. The van der Waals surface area contributed by atoms with Gasteiger partial charge >= 0.3 is 12.1 Å². The lowest BCUT2D eigenvalue weighted by Gasteiger charge is -2.18. The molecule has 2 aliphatic rings. The Morgan fingerprint density at radius 3 is 2.74 bits per heavy atom. The number of carbonyl (C=O) groups excluding carboxylic acids is 1. The van der Waals surface area contributed by atoms with Gasteiger partial charge in [0.1, 0.15) is 0 Å². The van der Waals surface area contributed by atoms with Crippen LogP contribution in [0.15, 0.2) is 23.3 Å². The highest BCUT2D eigenvalue weighted by Crippen LogP contribution is 2.39. The standard InChI is InChI=1S/C13H9F3N4O2S/c1-7-4-11-12(21)19(23(22)20(11)18-7)9-3-2-8(6-17)10(5-9)13(14,15)16/h2-3,5,11H,4H2,1H3. The zero-order valence-electron chi connectivity index (χ0n) is 11.7. The van der Waals surface area contributed by atoms with Crippen LogP contribution in [0.5, 0.6) is 0 Å². The van der Waals surface area contributed by atoms with Gasteiger partial charge in [0.05, 0.1) is 22.9 Å². The van der Waals surface area contributed by atoms with Crippen LogP contribution in [0.4, 0.5) is 18.9 Å². The molecule has 0 aromatic heterocycles. The third-order valence-electron chi connectivity index (χ3n) is 3.49. The number of halogens is 3. The lowest BCUT2D eigenvalue weighted by Crippen LogP contribution is -2.33. The summed E-state index contributed by atoms with van der Waals surface area (Å²) in [6, 6.07) is 3.48. The van der Waals surface area contributed by atoms with Crippen molar-refractivity contribution in [1.82, 2.24) is 4.41 Å². The normalized spacial score (nSPS) is 23.8. The SMILES string of the molecule is CC1=NN2C(C1)C(=O)N(c1ccc(C#N)c(C(F)(F)F)c1)[S+]2[O-]. The van der Waals surface area contributed by atoms with Crippen LogP contribution in [0, 0.1) is 11.3 Å². The van der Waals surface area contributed by atoms with Crippen LogP contribution in [0.3, 0.4) is 0 Å². The molecule has 2 unspecified atom stereocenters. The van der Waals surface area contributed by atoms with Crippen LogP contribution in [-0.2, 0) is 22.5 Å². The van der Waals surface area contributed by atoms with Gasteiger partial charge in [-0.1, -0.05) is 4.41 Å². The van der Waals surface area contributed by atoms with Gasteiger partial charge in [-0.15, -0.1) is 9.41 Å². The molecule has 0 saturated carbocycles. The van der Waals surface area contributed by atoms with Gasteiger partial charge in [0.2, 0.25) is 11.5 Å². The molecule has 3 rings (SSSR count). The maximum absolute atomic E-state index is 13.0. The van der Waals surface area contributed by atoms with E-state index in [0.717, 1.165) is 14.8 Å². The number of anilines is 1. The van der Waals surface area contributed by atoms with Crippen LogP contribution >= 0.6 is 0 Å². The van der Waals surface area contributed by atoms with Gasteiger partial charge in [-0.25, -0.2) is 0 Å². The molecule has 2 atom stereocenters. The molecular weight excluding hydrogens is 333 g/mol. The summed E-state index contributed by atoms with van der Waals surface area (Å²) < 4.78 is 53.3. The van der Waals surface area contributed by atoms with Gasteiger partial charge < -0.3 is 4.55 Å². The number of hydrogen-bond donors (Lipinski definition) is 0. The first-order chi connectivity index (χ1) is 10.7. The highest BCUT2D eigenvalue weighted by atomic mass is 32.2. The molecule has 0 N–H and O–H groups in total. The fourth-order valence-corrected chi connectivity index (χ4v) is 3.79. The van der Waals surface area contributed by atoms with Crippen molar-refractivity contribution in [1.29, 1.82) is 5.26 Å². The monoisotopic (exact) mass is 342 g/mol. The molecule has 0 aliphatic carbocycles. The van der Waals surface area contributed by atoms with E-state index in [2.05, 4.69) is 5.10 Å². The first kappa shape index (κ1) is 15.6. The fraction of sp³-hybridized carbons (Fsp3) is 0.308. The van der Waals surface area contributed by atoms with Crippen LogP contribution in [-0.4, -0.2) is 26.6 Å². The van der Waals surface area contributed by atoms with Crippen molar-refractivity contribution in [3.63, 3.8) is 0 Å². The summed E-state index contributed by atoms with van der Waals surface area (Å²) in [5.74, 6) is -0.582. The van der Waals surface area contributed by atoms with Crippen LogP contribution in [0.2, 0.25) is 0 Å². The lowest BCUT2D eigenvalue weighted by molar-refractivity contribution is -0.137. The molecule has 0 spiro atoms. The quantitative estimate of drug-likeness (QED) is 0.731. The Bertz CT molecular complexity index is 759. The summed E-state index contributed by atoms with van der Waals surface area (Å²) in [6.07, 6.45) is -4.47. The van der Waals surface area contributed by atoms with E-state index in [9.17, 15) is 22.5 Å². The number of hydrogen-bond acceptors (Lipinski definition) is 5. The smallest absolute Gasteiger partial charge is 0.417 e. The van der Waals surface area contributed by atoms with Gasteiger partial charge in [0, 0.05) is 12.1 Å². The largest absolute Gasteiger partial charge is 0.566 e. The van der Waals surface area contributed by atoms with Crippen molar-refractivity contribution in [2.45, 2.75) is 25.6 Å². The van der Waals surface area contributed by atoms with Crippen molar-refractivity contribution in [3.8, 4) is 6.07 Å². The Balaban J connectivity index is 2.03. The molecule has 1 aromatic rings. The van der Waals surface area contributed by atoms with E-state index in [4.69, 9.17) is 5.26 Å². The van der Waals surface area contributed by atoms with Crippen LogP contribution < -0.4 is 4.31 Å². The number of nitrogens with zero attached hydrogens (tertiary/aromatic N) is 4. The molecule has 6 nitrogen and oxygen atoms in total. The summed E-state index contributed by atoms with van der Waals surface area (Å²) in [4.78, 5) is 12.3. The predicted molar refractivity (Wildman–Crippen MR) is 75.1 cm³/mol. The second-order valence-corrected chi connectivity index (χ2v) is 6.26. The van der Waals surface area contributed by atoms with Crippen molar-refractivity contribution >= 4 is 28.9 Å². The lowest BCUT2D eigenvalue weighted by atomic mass is 10.1. The molecule has 120 valence electrons. The third kappa shape index (κ3) is 2.42. The van der Waals surface area contributed by atoms with Gasteiger partial charge in [0.25, 0.3) is 0 Å². The van der Waals surface area contributed by atoms with E-state index in [0.29, 0.717) is 11.8 Å². The highest BCUT2D eigenvalue weighted by molar-refractivity contribution is 7.91. The minimum atomic E-state index is -4.75. The molecule has 2 heterocycles. The second kappa shape index (κ2) is 5.14.